The van der Waals surface area contributed by atoms with Crippen molar-refractivity contribution in [3.05, 3.63) is 0 Å². The summed E-state index contributed by atoms with van der Waals surface area (Å²) in [6, 6.07) is 0. The standard InChI is InChI=1S/C30H56O4/c1-3-5-7-9-11-13-15-17-19-21-29(27(31)32)23-25-30(26-24-29,28(33)34)22-20-18-16-14-12-10-8-6-4-2/h3-26H2,1-2H3,(H,31,32)(H,33,34). The summed E-state index contributed by atoms with van der Waals surface area (Å²) >= 11 is 0. The molecule has 0 radical (unpaired) electrons. The van der Waals surface area contributed by atoms with Crippen LogP contribution in [0.3, 0.4) is 0 Å². The van der Waals surface area contributed by atoms with Crippen molar-refractivity contribution in [3.8, 4) is 0 Å². The fourth-order valence-electron chi connectivity index (χ4n) is 5.90. The number of hydrogen-bond donors (Lipinski definition) is 2. The zero-order valence-corrected chi connectivity index (χ0v) is 22.7. The molecule has 200 valence electrons. The largest absolute Gasteiger partial charge is 0.481 e. The molecule has 0 aromatic rings. The van der Waals surface area contributed by atoms with Crippen molar-refractivity contribution < 1.29 is 19.8 Å². The van der Waals surface area contributed by atoms with Gasteiger partial charge < -0.3 is 10.2 Å². The first-order chi connectivity index (χ1) is 16.4. The number of carbonyl (C=O) groups is 2. The second-order valence-electron chi connectivity index (χ2n) is 11.3. The Morgan fingerprint density at radius 2 is 0.706 bits per heavy atom. The van der Waals surface area contributed by atoms with Crippen LogP contribution < -0.4 is 0 Å². The maximum atomic E-state index is 12.2. The van der Waals surface area contributed by atoms with Gasteiger partial charge in [-0.1, -0.05) is 129 Å². The van der Waals surface area contributed by atoms with Gasteiger partial charge in [0.25, 0.3) is 0 Å². The van der Waals surface area contributed by atoms with E-state index in [1.165, 1.54) is 89.9 Å². The van der Waals surface area contributed by atoms with Crippen molar-refractivity contribution in [2.45, 2.75) is 168 Å². The lowest BCUT2D eigenvalue weighted by Crippen LogP contribution is -2.43. The van der Waals surface area contributed by atoms with Crippen LogP contribution in [-0.4, -0.2) is 22.2 Å². The molecule has 4 heteroatoms. The Kier molecular flexibility index (Phi) is 16.6. The first-order valence-electron chi connectivity index (χ1n) is 14.9. The molecule has 34 heavy (non-hydrogen) atoms. The average Bonchev–Trinajstić information content (AvgIpc) is 2.82. The number of aliphatic carboxylic acids is 2. The van der Waals surface area contributed by atoms with Gasteiger partial charge >= 0.3 is 11.9 Å². The predicted molar refractivity (Wildman–Crippen MR) is 142 cm³/mol. The quantitative estimate of drug-likeness (QED) is 0.151. The molecule has 1 rings (SSSR count). The van der Waals surface area contributed by atoms with E-state index in [9.17, 15) is 19.8 Å². The third-order valence-electron chi connectivity index (χ3n) is 8.59. The van der Waals surface area contributed by atoms with Gasteiger partial charge in [0.05, 0.1) is 10.8 Å². The molecule has 0 saturated heterocycles. The van der Waals surface area contributed by atoms with Crippen molar-refractivity contribution in [3.63, 3.8) is 0 Å². The second kappa shape index (κ2) is 18.2. The van der Waals surface area contributed by atoms with Crippen molar-refractivity contribution in [1.82, 2.24) is 0 Å². The van der Waals surface area contributed by atoms with Gasteiger partial charge in [-0.2, -0.15) is 0 Å². The molecule has 0 aliphatic heterocycles. The van der Waals surface area contributed by atoms with E-state index in [2.05, 4.69) is 13.8 Å². The van der Waals surface area contributed by atoms with Gasteiger partial charge in [0, 0.05) is 0 Å². The Hall–Kier alpha value is -1.06. The van der Waals surface area contributed by atoms with Crippen LogP contribution >= 0.6 is 0 Å². The smallest absolute Gasteiger partial charge is 0.309 e. The van der Waals surface area contributed by atoms with Crippen molar-refractivity contribution in [2.24, 2.45) is 10.8 Å². The Labute approximate surface area is 210 Å². The van der Waals surface area contributed by atoms with Gasteiger partial charge in [-0.15, -0.1) is 0 Å². The summed E-state index contributed by atoms with van der Waals surface area (Å²) in [4.78, 5) is 24.4. The van der Waals surface area contributed by atoms with Crippen LogP contribution in [0.25, 0.3) is 0 Å². The third kappa shape index (κ3) is 11.6. The Bertz CT molecular complexity index is 486. The van der Waals surface area contributed by atoms with Gasteiger partial charge in [0.15, 0.2) is 0 Å². The van der Waals surface area contributed by atoms with Crippen LogP contribution in [0.2, 0.25) is 0 Å². The lowest BCUT2D eigenvalue weighted by atomic mass is 9.60. The molecule has 0 aromatic carbocycles. The van der Waals surface area contributed by atoms with Crippen molar-refractivity contribution in [1.29, 1.82) is 0 Å². The lowest BCUT2D eigenvalue weighted by Gasteiger charge is -2.42. The molecular formula is C30H56O4. The minimum absolute atomic E-state index is 0.531. The maximum absolute atomic E-state index is 12.2. The number of unbranched alkanes of at least 4 members (excludes halogenated alkanes) is 16. The summed E-state index contributed by atoms with van der Waals surface area (Å²) in [5.41, 5.74) is -1.39. The monoisotopic (exact) mass is 480 g/mol. The SMILES string of the molecule is CCCCCCCCCCCC1(C(=O)O)CCC(CCCCCCCCCCC)(C(=O)O)CC1. The summed E-state index contributed by atoms with van der Waals surface area (Å²) in [5, 5.41) is 20.0. The Balaban J connectivity index is 2.34. The zero-order chi connectivity index (χ0) is 25.1. The molecule has 0 aromatic heterocycles. The molecule has 2 N–H and O–H groups in total. The zero-order valence-electron chi connectivity index (χ0n) is 22.7. The van der Waals surface area contributed by atoms with Crippen LogP contribution in [0.1, 0.15) is 168 Å². The van der Waals surface area contributed by atoms with Gasteiger partial charge in [0.2, 0.25) is 0 Å². The number of hydrogen-bond acceptors (Lipinski definition) is 2. The molecule has 1 fully saturated rings. The Morgan fingerprint density at radius 3 is 0.941 bits per heavy atom. The van der Waals surface area contributed by atoms with Crippen LogP contribution in [0.15, 0.2) is 0 Å². The first kappa shape index (κ1) is 31.0. The molecular weight excluding hydrogens is 424 g/mol. The normalized spacial score (nSPS) is 22.6. The maximum Gasteiger partial charge on any atom is 0.309 e. The van der Waals surface area contributed by atoms with Gasteiger partial charge in [-0.3, -0.25) is 9.59 Å². The van der Waals surface area contributed by atoms with E-state index >= 15 is 0 Å². The highest BCUT2D eigenvalue weighted by Gasteiger charge is 2.49. The molecule has 0 amide bonds. The van der Waals surface area contributed by atoms with E-state index in [1.807, 2.05) is 0 Å². The highest BCUT2D eigenvalue weighted by atomic mass is 16.4. The van der Waals surface area contributed by atoms with E-state index in [1.54, 1.807) is 0 Å². The summed E-state index contributed by atoms with van der Waals surface area (Å²) in [7, 11) is 0. The molecule has 0 unspecified atom stereocenters. The number of carboxylic acids is 2. The summed E-state index contributed by atoms with van der Waals surface area (Å²) < 4.78 is 0. The summed E-state index contributed by atoms with van der Waals surface area (Å²) in [6.07, 6.45) is 25.7. The van der Waals surface area contributed by atoms with E-state index in [0.717, 1.165) is 25.7 Å². The number of carboxylic acid groups (broad SMARTS) is 2. The topological polar surface area (TPSA) is 74.6 Å². The van der Waals surface area contributed by atoms with E-state index in [4.69, 9.17) is 0 Å². The van der Waals surface area contributed by atoms with Crippen LogP contribution in [0.5, 0.6) is 0 Å². The summed E-state index contributed by atoms with van der Waals surface area (Å²) in [5.74, 6) is -1.40. The van der Waals surface area contributed by atoms with Crippen LogP contribution in [0.4, 0.5) is 0 Å². The molecule has 0 bridgehead atoms. The molecule has 0 spiro atoms. The molecule has 1 aliphatic rings. The van der Waals surface area contributed by atoms with E-state index < -0.39 is 22.8 Å². The highest BCUT2D eigenvalue weighted by molar-refractivity contribution is 5.78. The van der Waals surface area contributed by atoms with E-state index in [0.29, 0.717) is 38.5 Å². The second-order valence-corrected chi connectivity index (χ2v) is 11.3. The van der Waals surface area contributed by atoms with E-state index in [-0.39, 0.29) is 0 Å². The predicted octanol–water partition coefficient (Wildman–Crippen LogP) is 9.54. The van der Waals surface area contributed by atoms with Crippen LogP contribution in [-0.2, 0) is 9.59 Å². The van der Waals surface area contributed by atoms with Crippen molar-refractivity contribution in [2.75, 3.05) is 0 Å². The highest BCUT2D eigenvalue weighted by Crippen LogP contribution is 2.50. The molecule has 1 aliphatic carbocycles. The molecule has 4 nitrogen and oxygen atoms in total. The van der Waals surface area contributed by atoms with Gasteiger partial charge in [-0.25, -0.2) is 0 Å². The molecule has 0 heterocycles. The average molecular weight is 481 g/mol. The van der Waals surface area contributed by atoms with Crippen molar-refractivity contribution >= 4 is 11.9 Å². The minimum Gasteiger partial charge on any atom is -0.481 e. The number of rotatable bonds is 22. The van der Waals surface area contributed by atoms with Crippen LogP contribution in [0, 0.1) is 10.8 Å². The molecule has 1 saturated carbocycles. The lowest BCUT2D eigenvalue weighted by molar-refractivity contribution is -0.162. The molecule has 0 atom stereocenters. The van der Waals surface area contributed by atoms with Gasteiger partial charge in [-0.05, 0) is 38.5 Å². The summed E-state index contributed by atoms with van der Waals surface area (Å²) in [6.45, 7) is 4.47. The fourth-order valence-corrected chi connectivity index (χ4v) is 5.90. The van der Waals surface area contributed by atoms with Gasteiger partial charge in [0.1, 0.15) is 0 Å². The third-order valence-corrected chi connectivity index (χ3v) is 8.59. The Morgan fingerprint density at radius 1 is 0.471 bits per heavy atom. The minimum atomic E-state index is -0.700. The fraction of sp³-hybridized carbons (Fsp3) is 0.933. The first-order valence-corrected chi connectivity index (χ1v) is 14.9.